The summed E-state index contributed by atoms with van der Waals surface area (Å²) in [5.41, 5.74) is 3.10. The van der Waals surface area contributed by atoms with E-state index in [-0.39, 0.29) is 4.47 Å². The lowest BCUT2D eigenvalue weighted by Crippen LogP contribution is -2.07. The standard InChI is InChI=1S/C16H10BrF3/c17-15-13(6-3-7-14(15)16(18,19)20)12-8-10-4-1-2-5-11(10)9-12/h1-8H,9H2. The van der Waals surface area contributed by atoms with Crippen molar-refractivity contribution in [3.63, 3.8) is 0 Å². The fourth-order valence-electron chi connectivity index (χ4n) is 2.45. The largest absolute Gasteiger partial charge is 0.417 e. The average Bonchev–Trinajstić information content (AvgIpc) is 2.81. The fraction of sp³-hybridized carbons (Fsp3) is 0.125. The molecule has 0 N–H and O–H groups in total. The van der Waals surface area contributed by atoms with Crippen molar-refractivity contribution in [1.82, 2.24) is 0 Å². The van der Waals surface area contributed by atoms with E-state index >= 15 is 0 Å². The summed E-state index contributed by atoms with van der Waals surface area (Å²) < 4.78 is 38.9. The lowest BCUT2D eigenvalue weighted by atomic mass is 10.0. The summed E-state index contributed by atoms with van der Waals surface area (Å²) in [6.07, 6.45) is -1.73. The first kappa shape index (κ1) is 13.4. The summed E-state index contributed by atoms with van der Waals surface area (Å²) in [5, 5.41) is 0. The number of benzene rings is 2. The number of alkyl halides is 3. The zero-order valence-corrected chi connectivity index (χ0v) is 11.9. The Hall–Kier alpha value is -1.55. The Kier molecular flexibility index (Phi) is 3.21. The average molecular weight is 339 g/mol. The minimum atomic E-state index is -4.35. The van der Waals surface area contributed by atoms with Crippen molar-refractivity contribution < 1.29 is 13.2 Å². The molecular weight excluding hydrogens is 329 g/mol. The molecule has 0 bridgehead atoms. The van der Waals surface area contributed by atoms with E-state index in [9.17, 15) is 13.2 Å². The molecule has 2 aromatic rings. The second-order valence-electron chi connectivity index (χ2n) is 4.71. The van der Waals surface area contributed by atoms with Crippen LogP contribution in [0.1, 0.15) is 22.3 Å². The SMILES string of the molecule is FC(F)(F)c1cccc(C2=Cc3ccccc3C2)c1Br. The van der Waals surface area contributed by atoms with Gasteiger partial charge in [0.2, 0.25) is 0 Å². The molecule has 0 nitrogen and oxygen atoms in total. The van der Waals surface area contributed by atoms with E-state index in [0.717, 1.165) is 22.8 Å². The van der Waals surface area contributed by atoms with Gasteiger partial charge < -0.3 is 0 Å². The van der Waals surface area contributed by atoms with Gasteiger partial charge in [0.1, 0.15) is 0 Å². The highest BCUT2D eigenvalue weighted by atomic mass is 79.9. The predicted molar refractivity (Wildman–Crippen MR) is 77.2 cm³/mol. The van der Waals surface area contributed by atoms with E-state index in [4.69, 9.17) is 0 Å². The van der Waals surface area contributed by atoms with Crippen molar-refractivity contribution in [3.8, 4) is 0 Å². The zero-order valence-electron chi connectivity index (χ0n) is 10.3. The van der Waals surface area contributed by atoms with Crippen LogP contribution in [0.5, 0.6) is 0 Å². The molecule has 3 rings (SSSR count). The van der Waals surface area contributed by atoms with Crippen LogP contribution < -0.4 is 0 Å². The Bertz CT molecular complexity index is 699. The molecule has 0 amide bonds. The van der Waals surface area contributed by atoms with E-state index in [1.807, 2.05) is 30.3 Å². The molecule has 0 aliphatic heterocycles. The molecule has 102 valence electrons. The summed E-state index contributed by atoms with van der Waals surface area (Å²) in [6, 6.07) is 12.1. The number of hydrogen-bond acceptors (Lipinski definition) is 0. The Morgan fingerprint density at radius 3 is 2.40 bits per heavy atom. The van der Waals surface area contributed by atoms with E-state index in [1.54, 1.807) is 6.07 Å². The third-order valence-electron chi connectivity index (χ3n) is 3.42. The van der Waals surface area contributed by atoms with Gasteiger partial charge in [-0.2, -0.15) is 13.2 Å². The molecule has 0 saturated heterocycles. The number of fused-ring (bicyclic) bond motifs is 1. The normalized spacial score (nSPS) is 14.1. The smallest absolute Gasteiger partial charge is 0.166 e. The number of halogens is 4. The fourth-order valence-corrected chi connectivity index (χ4v) is 3.20. The third kappa shape index (κ3) is 2.29. The molecule has 1 aliphatic rings. The minimum Gasteiger partial charge on any atom is -0.166 e. The van der Waals surface area contributed by atoms with Crippen LogP contribution in [0.15, 0.2) is 46.9 Å². The Morgan fingerprint density at radius 1 is 0.950 bits per heavy atom. The molecule has 1 aliphatic carbocycles. The minimum absolute atomic E-state index is 0.117. The van der Waals surface area contributed by atoms with Crippen LogP contribution in [0.3, 0.4) is 0 Å². The third-order valence-corrected chi connectivity index (χ3v) is 4.27. The van der Waals surface area contributed by atoms with Crippen molar-refractivity contribution in [2.45, 2.75) is 12.6 Å². The molecule has 0 spiro atoms. The molecule has 0 aromatic heterocycles. The highest BCUT2D eigenvalue weighted by molar-refractivity contribution is 9.10. The number of allylic oxidation sites excluding steroid dienone is 1. The van der Waals surface area contributed by atoms with E-state index in [1.165, 1.54) is 6.07 Å². The molecular formula is C16H10BrF3. The van der Waals surface area contributed by atoms with Gasteiger partial charge in [-0.3, -0.25) is 0 Å². The molecule has 2 aromatic carbocycles. The quantitative estimate of drug-likeness (QED) is 0.638. The van der Waals surface area contributed by atoms with Crippen LogP contribution in [-0.2, 0) is 12.6 Å². The van der Waals surface area contributed by atoms with Gasteiger partial charge in [0, 0.05) is 4.47 Å². The molecule has 0 unspecified atom stereocenters. The van der Waals surface area contributed by atoms with Crippen LogP contribution in [-0.4, -0.2) is 0 Å². The molecule has 0 saturated carbocycles. The highest BCUT2D eigenvalue weighted by Gasteiger charge is 2.34. The van der Waals surface area contributed by atoms with Gasteiger partial charge in [-0.05, 0) is 50.7 Å². The first-order valence-corrected chi connectivity index (χ1v) is 6.90. The van der Waals surface area contributed by atoms with Crippen molar-refractivity contribution in [3.05, 3.63) is 69.2 Å². The predicted octanol–water partition coefficient (Wildman–Crippen LogP) is 5.56. The monoisotopic (exact) mass is 338 g/mol. The van der Waals surface area contributed by atoms with E-state index < -0.39 is 11.7 Å². The summed E-state index contributed by atoms with van der Waals surface area (Å²) >= 11 is 3.11. The first-order valence-electron chi connectivity index (χ1n) is 6.11. The molecule has 0 heterocycles. The Morgan fingerprint density at radius 2 is 1.70 bits per heavy atom. The molecule has 0 fully saturated rings. The lowest BCUT2D eigenvalue weighted by Gasteiger charge is -2.13. The maximum Gasteiger partial charge on any atom is 0.417 e. The van der Waals surface area contributed by atoms with Gasteiger partial charge >= 0.3 is 6.18 Å². The molecule has 4 heteroatoms. The zero-order chi connectivity index (χ0) is 14.3. The number of rotatable bonds is 1. The topological polar surface area (TPSA) is 0 Å². The van der Waals surface area contributed by atoms with Crippen molar-refractivity contribution >= 4 is 27.6 Å². The maximum atomic E-state index is 12.9. The summed E-state index contributed by atoms with van der Waals surface area (Å²) in [5.74, 6) is 0. The van der Waals surface area contributed by atoms with Gasteiger partial charge in [-0.1, -0.05) is 42.5 Å². The lowest BCUT2D eigenvalue weighted by molar-refractivity contribution is -0.138. The van der Waals surface area contributed by atoms with E-state index in [2.05, 4.69) is 15.9 Å². The molecule has 20 heavy (non-hydrogen) atoms. The van der Waals surface area contributed by atoms with Crippen molar-refractivity contribution in [2.75, 3.05) is 0 Å². The van der Waals surface area contributed by atoms with Crippen LogP contribution in [0.2, 0.25) is 0 Å². The first-order chi connectivity index (χ1) is 9.47. The maximum absolute atomic E-state index is 12.9. The summed E-state index contributed by atoms with van der Waals surface area (Å²) in [4.78, 5) is 0. The van der Waals surface area contributed by atoms with Gasteiger partial charge in [0.05, 0.1) is 5.56 Å². The Labute approximate surface area is 123 Å². The van der Waals surface area contributed by atoms with Crippen LogP contribution >= 0.6 is 15.9 Å². The Balaban J connectivity index is 2.06. The second kappa shape index (κ2) is 4.77. The highest BCUT2D eigenvalue weighted by Crippen LogP contribution is 2.41. The van der Waals surface area contributed by atoms with Gasteiger partial charge in [-0.15, -0.1) is 0 Å². The van der Waals surface area contributed by atoms with Crippen molar-refractivity contribution in [2.24, 2.45) is 0 Å². The second-order valence-corrected chi connectivity index (χ2v) is 5.50. The van der Waals surface area contributed by atoms with Crippen molar-refractivity contribution in [1.29, 1.82) is 0 Å². The van der Waals surface area contributed by atoms with Gasteiger partial charge in [-0.25, -0.2) is 0 Å². The number of hydrogen-bond donors (Lipinski definition) is 0. The van der Waals surface area contributed by atoms with Crippen LogP contribution in [0, 0.1) is 0 Å². The van der Waals surface area contributed by atoms with Gasteiger partial charge in [0.25, 0.3) is 0 Å². The van der Waals surface area contributed by atoms with E-state index in [0.29, 0.717) is 12.0 Å². The summed E-state index contributed by atoms with van der Waals surface area (Å²) in [6.45, 7) is 0. The van der Waals surface area contributed by atoms with Crippen LogP contribution in [0.4, 0.5) is 13.2 Å². The molecule has 0 radical (unpaired) electrons. The summed E-state index contributed by atoms with van der Waals surface area (Å²) in [7, 11) is 0. The molecule has 0 atom stereocenters. The van der Waals surface area contributed by atoms with Gasteiger partial charge in [0.15, 0.2) is 0 Å². The van der Waals surface area contributed by atoms with Crippen LogP contribution in [0.25, 0.3) is 11.6 Å².